The third-order valence-electron chi connectivity index (χ3n) is 5.14. The minimum atomic E-state index is -0.524. The van der Waals surface area contributed by atoms with E-state index in [2.05, 4.69) is 4.98 Å². The van der Waals surface area contributed by atoms with E-state index in [1.807, 2.05) is 25.3 Å². The maximum absolute atomic E-state index is 14.2. The van der Waals surface area contributed by atoms with E-state index in [1.54, 1.807) is 43.4 Å². The highest BCUT2D eigenvalue weighted by Gasteiger charge is 2.24. The van der Waals surface area contributed by atoms with Gasteiger partial charge < -0.3 is 19.1 Å². The second-order valence-corrected chi connectivity index (χ2v) is 8.13. The van der Waals surface area contributed by atoms with Gasteiger partial charge in [-0.2, -0.15) is 0 Å². The zero-order valence-corrected chi connectivity index (χ0v) is 19.4. The average molecular weight is 459 g/mol. The lowest BCUT2D eigenvalue weighted by molar-refractivity contribution is 0.0664. The van der Waals surface area contributed by atoms with Gasteiger partial charge in [-0.25, -0.2) is 9.37 Å². The van der Waals surface area contributed by atoms with Crippen molar-refractivity contribution in [3.8, 4) is 17.2 Å². The molecule has 1 atom stereocenters. The molecule has 1 heterocycles. The predicted molar refractivity (Wildman–Crippen MR) is 122 cm³/mol. The smallest absolute Gasteiger partial charge is 0.257 e. The number of halogens is 1. The van der Waals surface area contributed by atoms with E-state index in [-0.39, 0.29) is 30.7 Å². The Labute approximate surface area is 191 Å². The van der Waals surface area contributed by atoms with Crippen LogP contribution < -0.4 is 14.2 Å². The number of thiazole rings is 1. The Morgan fingerprint density at radius 1 is 1.12 bits per heavy atom. The lowest BCUT2D eigenvalue weighted by Crippen LogP contribution is -2.38. The molecule has 0 bridgehead atoms. The van der Waals surface area contributed by atoms with Crippen molar-refractivity contribution >= 4 is 17.2 Å². The molecular formula is C24H27FN2O4S. The van der Waals surface area contributed by atoms with Crippen LogP contribution in [0.15, 0.2) is 47.8 Å². The number of methoxy groups -OCH3 is 2. The number of ether oxygens (including phenoxy) is 3. The molecule has 1 aromatic heterocycles. The van der Waals surface area contributed by atoms with Gasteiger partial charge in [-0.15, -0.1) is 11.3 Å². The van der Waals surface area contributed by atoms with Crippen LogP contribution in [-0.4, -0.2) is 36.1 Å². The summed E-state index contributed by atoms with van der Waals surface area (Å²) in [6, 6.07) is 11.4. The second kappa shape index (κ2) is 10.9. The van der Waals surface area contributed by atoms with Crippen molar-refractivity contribution < 1.29 is 23.4 Å². The molecule has 8 heteroatoms. The number of aromatic nitrogens is 1. The van der Waals surface area contributed by atoms with Crippen molar-refractivity contribution in [3.05, 3.63) is 69.9 Å². The van der Waals surface area contributed by atoms with E-state index in [4.69, 9.17) is 14.2 Å². The number of carbonyl (C=O) groups excluding carboxylic acids is 1. The second-order valence-electron chi connectivity index (χ2n) is 7.18. The van der Waals surface area contributed by atoms with Crippen LogP contribution in [0.25, 0.3) is 0 Å². The lowest BCUT2D eigenvalue weighted by Gasteiger charge is -2.28. The average Bonchev–Trinajstić information content (AvgIpc) is 3.27. The van der Waals surface area contributed by atoms with E-state index in [1.165, 1.54) is 23.5 Å². The van der Waals surface area contributed by atoms with Crippen molar-refractivity contribution in [2.75, 3.05) is 14.2 Å². The number of para-hydroxylation sites is 1. The van der Waals surface area contributed by atoms with Crippen LogP contribution in [0.5, 0.6) is 17.2 Å². The molecule has 0 fully saturated rings. The van der Waals surface area contributed by atoms with Gasteiger partial charge in [0.25, 0.3) is 5.91 Å². The maximum Gasteiger partial charge on any atom is 0.257 e. The largest absolute Gasteiger partial charge is 0.493 e. The zero-order chi connectivity index (χ0) is 23.1. The molecular weight excluding hydrogens is 431 g/mol. The van der Waals surface area contributed by atoms with Crippen molar-refractivity contribution in [1.29, 1.82) is 0 Å². The van der Waals surface area contributed by atoms with Crippen LogP contribution in [-0.2, 0) is 13.2 Å². The molecule has 170 valence electrons. The fraction of sp³-hybridized carbons (Fsp3) is 0.333. The van der Waals surface area contributed by atoms with Crippen molar-refractivity contribution in [2.24, 2.45) is 0 Å². The Balaban J connectivity index is 1.74. The topological polar surface area (TPSA) is 60.9 Å². The van der Waals surface area contributed by atoms with Crippen LogP contribution >= 0.6 is 11.3 Å². The van der Waals surface area contributed by atoms with Crippen molar-refractivity contribution in [3.63, 3.8) is 0 Å². The Bertz CT molecular complexity index is 1030. The van der Waals surface area contributed by atoms with E-state index in [0.29, 0.717) is 17.2 Å². The molecule has 2 aromatic carbocycles. The summed E-state index contributed by atoms with van der Waals surface area (Å²) in [5.74, 6) is 0.773. The lowest BCUT2D eigenvalue weighted by atomic mass is 10.1. The number of amides is 1. The molecule has 0 saturated heterocycles. The Morgan fingerprint density at radius 2 is 1.81 bits per heavy atom. The number of carbonyl (C=O) groups is 1. The Hall–Kier alpha value is -3.13. The van der Waals surface area contributed by atoms with Gasteiger partial charge >= 0.3 is 0 Å². The third kappa shape index (κ3) is 5.37. The number of hydrogen-bond acceptors (Lipinski definition) is 6. The molecule has 6 nitrogen and oxygen atoms in total. The molecule has 32 heavy (non-hydrogen) atoms. The van der Waals surface area contributed by atoms with Crippen LogP contribution in [0.1, 0.15) is 41.3 Å². The first-order valence-electron chi connectivity index (χ1n) is 10.3. The van der Waals surface area contributed by atoms with Gasteiger partial charge in [-0.3, -0.25) is 4.79 Å². The van der Waals surface area contributed by atoms with Gasteiger partial charge in [0.15, 0.2) is 11.5 Å². The monoisotopic (exact) mass is 458 g/mol. The van der Waals surface area contributed by atoms with Gasteiger partial charge in [0.2, 0.25) is 5.75 Å². The summed E-state index contributed by atoms with van der Waals surface area (Å²) in [5, 5.41) is 2.64. The van der Waals surface area contributed by atoms with E-state index in [0.717, 1.165) is 17.1 Å². The highest BCUT2D eigenvalue weighted by atomic mass is 32.1. The summed E-state index contributed by atoms with van der Waals surface area (Å²) >= 11 is 1.44. The molecule has 1 amide bonds. The number of hydrogen-bond donors (Lipinski definition) is 0. The highest BCUT2D eigenvalue weighted by Crippen LogP contribution is 2.37. The number of rotatable bonds is 10. The summed E-state index contributed by atoms with van der Waals surface area (Å²) in [6.07, 6.45) is 0.744. The fourth-order valence-electron chi connectivity index (χ4n) is 3.19. The van der Waals surface area contributed by atoms with E-state index in [9.17, 15) is 9.18 Å². The minimum absolute atomic E-state index is 0.0647. The van der Waals surface area contributed by atoms with Gasteiger partial charge in [0.1, 0.15) is 17.4 Å². The predicted octanol–water partition coefficient (Wildman–Crippen LogP) is 5.32. The summed E-state index contributed by atoms with van der Waals surface area (Å²) in [4.78, 5) is 19.3. The first-order chi connectivity index (χ1) is 15.5. The first kappa shape index (κ1) is 23.5. The molecule has 0 aliphatic heterocycles. The van der Waals surface area contributed by atoms with Crippen LogP contribution in [0, 0.1) is 5.82 Å². The first-order valence-corrected chi connectivity index (χ1v) is 11.2. The molecule has 0 saturated carbocycles. The quantitative estimate of drug-likeness (QED) is 0.412. The van der Waals surface area contributed by atoms with Crippen molar-refractivity contribution in [2.45, 2.75) is 39.5 Å². The number of nitrogens with zero attached hydrogens (tertiary/aromatic N) is 2. The normalized spacial score (nSPS) is 11.7. The van der Waals surface area contributed by atoms with Crippen LogP contribution in [0.4, 0.5) is 4.39 Å². The summed E-state index contributed by atoms with van der Waals surface area (Å²) < 4.78 is 30.8. The van der Waals surface area contributed by atoms with Gasteiger partial charge in [0.05, 0.1) is 32.0 Å². The SMILES string of the molecule is CCC(C)N(Cc1csc(COc2c(OC)cccc2OC)n1)C(=O)c1ccccc1F. The molecule has 3 rings (SSSR count). The molecule has 1 unspecified atom stereocenters. The molecule has 0 aliphatic carbocycles. The van der Waals surface area contributed by atoms with E-state index >= 15 is 0 Å². The Morgan fingerprint density at radius 3 is 2.44 bits per heavy atom. The molecule has 0 radical (unpaired) electrons. The van der Waals surface area contributed by atoms with E-state index < -0.39 is 5.82 Å². The molecule has 0 aliphatic rings. The molecule has 0 N–H and O–H groups in total. The van der Waals surface area contributed by atoms with Gasteiger partial charge in [-0.1, -0.05) is 25.1 Å². The standard InChI is InChI=1S/C24H27FN2O4S/c1-5-16(2)27(24(28)18-9-6-7-10-19(18)25)13-17-15-32-22(26-17)14-31-23-20(29-3)11-8-12-21(23)30-4/h6-12,15-16H,5,13-14H2,1-4H3. The summed E-state index contributed by atoms with van der Waals surface area (Å²) in [7, 11) is 3.14. The van der Waals surface area contributed by atoms with Crippen molar-refractivity contribution in [1.82, 2.24) is 9.88 Å². The maximum atomic E-state index is 14.2. The summed E-state index contributed by atoms with van der Waals surface area (Å²) in [6.45, 7) is 4.46. The van der Waals surface area contributed by atoms with Crippen LogP contribution in [0.3, 0.4) is 0 Å². The summed E-state index contributed by atoms with van der Waals surface area (Å²) in [5.41, 5.74) is 0.792. The number of benzene rings is 2. The zero-order valence-electron chi connectivity index (χ0n) is 18.6. The molecule has 3 aromatic rings. The fourth-order valence-corrected chi connectivity index (χ4v) is 3.89. The van der Waals surface area contributed by atoms with Gasteiger partial charge in [-0.05, 0) is 37.6 Å². The third-order valence-corrected chi connectivity index (χ3v) is 6.01. The van der Waals surface area contributed by atoms with Gasteiger partial charge in [0, 0.05) is 11.4 Å². The minimum Gasteiger partial charge on any atom is -0.493 e. The Kier molecular flexibility index (Phi) is 8.05. The van der Waals surface area contributed by atoms with Crippen LogP contribution in [0.2, 0.25) is 0 Å². The highest BCUT2D eigenvalue weighted by molar-refractivity contribution is 7.09. The molecule has 0 spiro atoms.